The van der Waals surface area contributed by atoms with Crippen LogP contribution in [0.5, 0.6) is 5.75 Å². The van der Waals surface area contributed by atoms with Gasteiger partial charge in [0.2, 0.25) is 0 Å². The fourth-order valence-electron chi connectivity index (χ4n) is 2.24. The van der Waals surface area contributed by atoms with Crippen LogP contribution in [0.4, 0.5) is 5.69 Å². The molecule has 0 heterocycles. The molecule has 0 saturated heterocycles. The Labute approximate surface area is 103 Å². The number of ether oxygens (including phenoxy) is 1. The van der Waals surface area contributed by atoms with Gasteiger partial charge in [0, 0.05) is 25.3 Å². The molecule has 0 saturated carbocycles. The van der Waals surface area contributed by atoms with E-state index in [1.165, 1.54) is 5.69 Å². The molecule has 1 aromatic rings. The summed E-state index contributed by atoms with van der Waals surface area (Å²) in [5, 5.41) is 0. The van der Waals surface area contributed by atoms with Crippen molar-refractivity contribution in [1.29, 1.82) is 0 Å². The highest BCUT2D eigenvalue weighted by atomic mass is 16.5. The standard InChI is InChI=1S/C14H20N2O/c1-16(10-11-3-4-12(15)9-11)13-5-7-14(17-2)8-6-13/h3-8,11-12H,9-10,15H2,1-2H3. The molecule has 0 radical (unpaired) electrons. The van der Waals surface area contributed by atoms with Gasteiger partial charge in [0.05, 0.1) is 7.11 Å². The molecule has 1 aliphatic rings. The van der Waals surface area contributed by atoms with Crippen molar-refractivity contribution in [2.24, 2.45) is 11.7 Å². The van der Waals surface area contributed by atoms with Crippen LogP contribution in [-0.2, 0) is 0 Å². The first kappa shape index (κ1) is 12.0. The maximum Gasteiger partial charge on any atom is 0.119 e. The molecule has 0 aromatic heterocycles. The van der Waals surface area contributed by atoms with Crippen LogP contribution in [-0.4, -0.2) is 26.7 Å². The summed E-state index contributed by atoms with van der Waals surface area (Å²) in [5.74, 6) is 1.46. The summed E-state index contributed by atoms with van der Waals surface area (Å²) >= 11 is 0. The van der Waals surface area contributed by atoms with E-state index in [1.54, 1.807) is 7.11 Å². The topological polar surface area (TPSA) is 38.5 Å². The summed E-state index contributed by atoms with van der Waals surface area (Å²) in [7, 11) is 3.79. The van der Waals surface area contributed by atoms with Crippen molar-refractivity contribution in [1.82, 2.24) is 0 Å². The van der Waals surface area contributed by atoms with Crippen LogP contribution >= 0.6 is 0 Å². The Kier molecular flexibility index (Phi) is 3.69. The minimum Gasteiger partial charge on any atom is -0.497 e. The van der Waals surface area contributed by atoms with Crippen molar-refractivity contribution < 1.29 is 4.74 Å². The largest absolute Gasteiger partial charge is 0.497 e. The third-order valence-corrected chi connectivity index (χ3v) is 3.23. The SMILES string of the molecule is COc1ccc(N(C)CC2C=CC(N)C2)cc1. The van der Waals surface area contributed by atoms with Crippen molar-refractivity contribution in [3.8, 4) is 5.75 Å². The van der Waals surface area contributed by atoms with Crippen LogP contribution in [0.25, 0.3) is 0 Å². The van der Waals surface area contributed by atoms with Gasteiger partial charge in [0.15, 0.2) is 0 Å². The van der Waals surface area contributed by atoms with Crippen molar-refractivity contribution in [3.05, 3.63) is 36.4 Å². The van der Waals surface area contributed by atoms with Crippen molar-refractivity contribution in [3.63, 3.8) is 0 Å². The van der Waals surface area contributed by atoms with Gasteiger partial charge in [-0.2, -0.15) is 0 Å². The molecule has 3 heteroatoms. The highest BCUT2D eigenvalue weighted by molar-refractivity contribution is 5.48. The maximum atomic E-state index is 5.86. The molecule has 2 N–H and O–H groups in total. The number of benzene rings is 1. The van der Waals surface area contributed by atoms with Crippen LogP contribution in [0.2, 0.25) is 0 Å². The lowest BCUT2D eigenvalue weighted by Crippen LogP contribution is -2.25. The molecule has 2 atom stereocenters. The lowest BCUT2D eigenvalue weighted by molar-refractivity contribution is 0.415. The van der Waals surface area contributed by atoms with Gasteiger partial charge in [-0.25, -0.2) is 0 Å². The quantitative estimate of drug-likeness (QED) is 0.807. The number of hydrogen-bond acceptors (Lipinski definition) is 3. The number of nitrogens with two attached hydrogens (primary N) is 1. The normalized spacial score (nSPS) is 22.8. The minimum atomic E-state index is 0.240. The fourth-order valence-corrected chi connectivity index (χ4v) is 2.24. The molecule has 2 unspecified atom stereocenters. The Hall–Kier alpha value is -1.48. The van der Waals surface area contributed by atoms with Gasteiger partial charge >= 0.3 is 0 Å². The highest BCUT2D eigenvalue weighted by Gasteiger charge is 2.17. The van der Waals surface area contributed by atoms with Crippen LogP contribution < -0.4 is 15.4 Å². The molecule has 0 amide bonds. The third-order valence-electron chi connectivity index (χ3n) is 3.23. The van der Waals surface area contributed by atoms with Gasteiger partial charge < -0.3 is 15.4 Å². The van der Waals surface area contributed by atoms with Gasteiger partial charge in [-0.05, 0) is 36.6 Å². The summed E-state index contributed by atoms with van der Waals surface area (Å²) < 4.78 is 5.15. The van der Waals surface area contributed by atoms with Crippen LogP contribution in [0.15, 0.2) is 36.4 Å². The van der Waals surface area contributed by atoms with Crippen molar-refractivity contribution in [2.75, 3.05) is 25.6 Å². The molecule has 2 rings (SSSR count). The third kappa shape index (κ3) is 3.01. The van der Waals surface area contributed by atoms with E-state index in [1.807, 2.05) is 12.1 Å². The van der Waals surface area contributed by atoms with Crippen molar-refractivity contribution >= 4 is 5.69 Å². The Morgan fingerprint density at radius 2 is 2.00 bits per heavy atom. The Morgan fingerprint density at radius 3 is 2.53 bits per heavy atom. The zero-order valence-electron chi connectivity index (χ0n) is 10.5. The Balaban J connectivity index is 1.94. The second-order valence-electron chi connectivity index (χ2n) is 4.62. The molecule has 92 valence electrons. The van der Waals surface area contributed by atoms with Gasteiger partial charge in [0.1, 0.15) is 5.75 Å². The number of nitrogens with zero attached hydrogens (tertiary/aromatic N) is 1. The second-order valence-corrected chi connectivity index (χ2v) is 4.62. The monoisotopic (exact) mass is 232 g/mol. The van der Waals surface area contributed by atoms with Crippen LogP contribution in [0.3, 0.4) is 0 Å². The summed E-state index contributed by atoms with van der Waals surface area (Å²) in [6, 6.07) is 8.38. The first-order valence-electron chi connectivity index (χ1n) is 5.98. The van der Waals surface area contributed by atoms with E-state index in [0.29, 0.717) is 5.92 Å². The maximum absolute atomic E-state index is 5.86. The highest BCUT2D eigenvalue weighted by Crippen LogP contribution is 2.22. The molecule has 1 aromatic carbocycles. The Bertz CT molecular complexity index is 386. The number of methoxy groups -OCH3 is 1. The van der Waals surface area contributed by atoms with E-state index in [0.717, 1.165) is 18.7 Å². The zero-order valence-corrected chi connectivity index (χ0v) is 10.5. The molecule has 0 aliphatic heterocycles. The fraction of sp³-hybridized carbons (Fsp3) is 0.429. The van der Waals surface area contributed by atoms with Crippen LogP contribution in [0.1, 0.15) is 6.42 Å². The summed E-state index contributed by atoms with van der Waals surface area (Å²) in [6.45, 7) is 1.01. The second kappa shape index (κ2) is 5.23. The summed E-state index contributed by atoms with van der Waals surface area (Å²) in [4.78, 5) is 2.26. The van der Waals surface area contributed by atoms with E-state index >= 15 is 0 Å². The molecular weight excluding hydrogens is 212 g/mol. The first-order chi connectivity index (χ1) is 8.19. The van der Waals surface area contributed by atoms with Gasteiger partial charge in [-0.3, -0.25) is 0 Å². The van der Waals surface area contributed by atoms with Crippen molar-refractivity contribution in [2.45, 2.75) is 12.5 Å². The minimum absolute atomic E-state index is 0.240. The predicted molar refractivity (Wildman–Crippen MR) is 71.5 cm³/mol. The first-order valence-corrected chi connectivity index (χ1v) is 5.98. The smallest absolute Gasteiger partial charge is 0.119 e. The number of anilines is 1. The average molecular weight is 232 g/mol. The number of rotatable bonds is 4. The molecule has 17 heavy (non-hydrogen) atoms. The number of hydrogen-bond donors (Lipinski definition) is 1. The Morgan fingerprint density at radius 1 is 1.29 bits per heavy atom. The molecule has 0 spiro atoms. The molecule has 0 bridgehead atoms. The molecule has 3 nitrogen and oxygen atoms in total. The van der Waals surface area contributed by atoms with Gasteiger partial charge in [-0.1, -0.05) is 12.2 Å². The van der Waals surface area contributed by atoms with E-state index in [2.05, 4.69) is 36.2 Å². The molecular formula is C14H20N2O. The van der Waals surface area contributed by atoms with Gasteiger partial charge in [-0.15, -0.1) is 0 Å². The lowest BCUT2D eigenvalue weighted by atomic mass is 10.1. The van der Waals surface area contributed by atoms with Crippen LogP contribution in [0, 0.1) is 5.92 Å². The van der Waals surface area contributed by atoms with E-state index in [9.17, 15) is 0 Å². The molecule has 0 fully saturated rings. The summed E-state index contributed by atoms with van der Waals surface area (Å²) in [6.07, 6.45) is 5.39. The van der Waals surface area contributed by atoms with Gasteiger partial charge in [0.25, 0.3) is 0 Å². The van der Waals surface area contributed by atoms with E-state index in [-0.39, 0.29) is 6.04 Å². The lowest BCUT2D eigenvalue weighted by Gasteiger charge is -2.23. The predicted octanol–water partition coefficient (Wildman–Crippen LogP) is 2.03. The van der Waals surface area contributed by atoms with E-state index in [4.69, 9.17) is 10.5 Å². The molecule has 1 aliphatic carbocycles. The zero-order chi connectivity index (χ0) is 12.3. The average Bonchev–Trinajstić information content (AvgIpc) is 2.75. The summed E-state index contributed by atoms with van der Waals surface area (Å²) in [5.41, 5.74) is 7.06. The van der Waals surface area contributed by atoms with E-state index < -0.39 is 0 Å².